The van der Waals surface area contributed by atoms with Crippen LogP contribution in [0.1, 0.15) is 0 Å². The zero-order chi connectivity index (χ0) is 12.4. The molecule has 2 rings (SSSR count). The molecule has 0 aliphatic heterocycles. The van der Waals surface area contributed by atoms with Gasteiger partial charge in [0.25, 0.3) is 0 Å². The van der Waals surface area contributed by atoms with E-state index in [4.69, 9.17) is 17.3 Å². The largest absolute Gasteiger partial charge is 0.368 e. The van der Waals surface area contributed by atoms with Gasteiger partial charge in [0.15, 0.2) is 0 Å². The van der Waals surface area contributed by atoms with Crippen molar-refractivity contribution < 1.29 is 4.39 Å². The number of nitrogens with zero attached hydrogens (tertiary/aromatic N) is 2. The van der Waals surface area contributed by atoms with E-state index in [0.29, 0.717) is 16.0 Å². The molecule has 0 fully saturated rings. The Kier molecular flexibility index (Phi) is 3.44. The summed E-state index contributed by atoms with van der Waals surface area (Å²) >= 11 is 8.84. The monoisotopic (exact) mass is 316 g/mol. The predicted octanol–water partition coefficient (Wildman–Crippen LogP) is 3.36. The maximum Gasteiger partial charge on any atom is 0.222 e. The van der Waals surface area contributed by atoms with E-state index in [1.807, 2.05) is 0 Å². The van der Waals surface area contributed by atoms with E-state index in [9.17, 15) is 4.39 Å². The molecule has 7 heteroatoms. The van der Waals surface area contributed by atoms with Crippen molar-refractivity contribution in [2.24, 2.45) is 0 Å². The third kappa shape index (κ3) is 2.83. The van der Waals surface area contributed by atoms with Crippen molar-refractivity contribution in [3.8, 4) is 0 Å². The molecule has 0 atom stereocenters. The minimum Gasteiger partial charge on any atom is -0.368 e. The molecule has 0 saturated heterocycles. The van der Waals surface area contributed by atoms with Crippen LogP contribution in [0.15, 0.2) is 28.9 Å². The number of nitrogens with one attached hydrogen (secondary N) is 1. The number of hydrogen-bond acceptors (Lipinski definition) is 4. The first-order chi connectivity index (χ1) is 8.06. The standard InChI is InChI=1S/C10H7BrClFN4/c11-6-4-15-10(14)17-9(6)16-5-1-2-7(12)8(13)3-5/h1-4H,(H3,14,15,16,17). The highest BCUT2D eigenvalue weighted by Gasteiger charge is 2.06. The van der Waals surface area contributed by atoms with Gasteiger partial charge in [-0.05, 0) is 34.1 Å². The molecule has 0 saturated carbocycles. The van der Waals surface area contributed by atoms with Crippen molar-refractivity contribution >= 4 is 45.0 Å². The molecule has 1 aromatic heterocycles. The van der Waals surface area contributed by atoms with Crippen LogP contribution >= 0.6 is 27.5 Å². The van der Waals surface area contributed by atoms with Gasteiger partial charge in [0.2, 0.25) is 5.95 Å². The van der Waals surface area contributed by atoms with Crippen molar-refractivity contribution in [1.29, 1.82) is 0 Å². The third-order valence-electron chi connectivity index (χ3n) is 1.95. The van der Waals surface area contributed by atoms with Crippen molar-refractivity contribution in [3.63, 3.8) is 0 Å². The zero-order valence-corrected chi connectivity index (χ0v) is 10.8. The molecule has 17 heavy (non-hydrogen) atoms. The Morgan fingerprint density at radius 2 is 2.18 bits per heavy atom. The van der Waals surface area contributed by atoms with Crippen LogP contribution in [0.25, 0.3) is 0 Å². The fraction of sp³-hybridized carbons (Fsp3) is 0. The van der Waals surface area contributed by atoms with Gasteiger partial charge in [0, 0.05) is 11.9 Å². The summed E-state index contributed by atoms with van der Waals surface area (Å²) in [5.74, 6) is 0.0826. The first-order valence-corrected chi connectivity index (χ1v) is 5.73. The summed E-state index contributed by atoms with van der Waals surface area (Å²) in [5, 5.41) is 2.97. The van der Waals surface area contributed by atoms with E-state index in [-0.39, 0.29) is 11.0 Å². The van der Waals surface area contributed by atoms with Gasteiger partial charge in [-0.15, -0.1) is 0 Å². The summed E-state index contributed by atoms with van der Waals surface area (Å²) in [6.45, 7) is 0. The van der Waals surface area contributed by atoms with E-state index >= 15 is 0 Å². The highest BCUT2D eigenvalue weighted by atomic mass is 79.9. The van der Waals surface area contributed by atoms with E-state index in [1.54, 1.807) is 6.07 Å². The Labute approximate surface area is 110 Å². The fourth-order valence-corrected chi connectivity index (χ4v) is 1.59. The zero-order valence-electron chi connectivity index (χ0n) is 8.42. The van der Waals surface area contributed by atoms with Crippen LogP contribution in [0.3, 0.4) is 0 Å². The molecular weight excluding hydrogens is 310 g/mol. The van der Waals surface area contributed by atoms with Gasteiger partial charge in [-0.1, -0.05) is 11.6 Å². The van der Waals surface area contributed by atoms with Crippen LogP contribution in [0, 0.1) is 5.82 Å². The summed E-state index contributed by atoms with van der Waals surface area (Å²) in [5.41, 5.74) is 5.98. The molecule has 3 N–H and O–H groups in total. The number of aromatic nitrogens is 2. The highest BCUT2D eigenvalue weighted by Crippen LogP contribution is 2.25. The molecule has 0 radical (unpaired) electrons. The SMILES string of the molecule is Nc1ncc(Br)c(Nc2ccc(Cl)c(F)c2)n1. The van der Waals surface area contributed by atoms with E-state index in [2.05, 4.69) is 31.2 Å². The molecule has 0 bridgehead atoms. The molecule has 88 valence electrons. The lowest BCUT2D eigenvalue weighted by atomic mass is 10.3. The summed E-state index contributed by atoms with van der Waals surface area (Å²) in [7, 11) is 0. The van der Waals surface area contributed by atoms with Crippen LogP contribution < -0.4 is 11.1 Å². The summed E-state index contributed by atoms with van der Waals surface area (Å²) in [4.78, 5) is 7.77. The fourth-order valence-electron chi connectivity index (χ4n) is 1.18. The van der Waals surface area contributed by atoms with Gasteiger partial charge >= 0.3 is 0 Å². The van der Waals surface area contributed by atoms with Gasteiger partial charge in [-0.25, -0.2) is 9.37 Å². The Morgan fingerprint density at radius 1 is 1.41 bits per heavy atom. The van der Waals surface area contributed by atoms with Crippen LogP contribution in [0.5, 0.6) is 0 Å². The minimum atomic E-state index is -0.505. The van der Waals surface area contributed by atoms with Gasteiger partial charge in [0.1, 0.15) is 11.6 Å². The van der Waals surface area contributed by atoms with Gasteiger partial charge in [-0.3, -0.25) is 0 Å². The number of hydrogen-bond donors (Lipinski definition) is 2. The van der Waals surface area contributed by atoms with Crippen molar-refractivity contribution in [2.45, 2.75) is 0 Å². The second kappa shape index (κ2) is 4.85. The average Bonchev–Trinajstić information content (AvgIpc) is 2.29. The van der Waals surface area contributed by atoms with E-state index in [1.165, 1.54) is 18.3 Å². The second-order valence-corrected chi connectivity index (χ2v) is 4.44. The molecule has 0 spiro atoms. The van der Waals surface area contributed by atoms with Crippen LogP contribution in [0.2, 0.25) is 5.02 Å². The van der Waals surface area contributed by atoms with Gasteiger partial charge in [-0.2, -0.15) is 4.98 Å². The van der Waals surface area contributed by atoms with E-state index < -0.39 is 5.82 Å². The molecule has 1 aromatic carbocycles. The number of halogens is 3. The Hall–Kier alpha value is -1.40. The maximum absolute atomic E-state index is 13.2. The quantitative estimate of drug-likeness (QED) is 0.891. The van der Waals surface area contributed by atoms with E-state index in [0.717, 1.165) is 0 Å². The lowest BCUT2D eigenvalue weighted by molar-refractivity contribution is 0.629. The topological polar surface area (TPSA) is 63.8 Å². The smallest absolute Gasteiger partial charge is 0.222 e. The summed E-state index contributed by atoms with van der Waals surface area (Å²) in [6.07, 6.45) is 1.51. The molecule has 0 aliphatic rings. The van der Waals surface area contributed by atoms with Gasteiger partial charge in [0.05, 0.1) is 9.50 Å². The highest BCUT2D eigenvalue weighted by molar-refractivity contribution is 9.10. The molecule has 0 unspecified atom stereocenters. The number of nitrogens with two attached hydrogens (primary N) is 1. The molecule has 0 amide bonds. The molecule has 2 aromatic rings. The predicted molar refractivity (Wildman–Crippen MR) is 68.8 cm³/mol. The van der Waals surface area contributed by atoms with Crippen molar-refractivity contribution in [2.75, 3.05) is 11.1 Å². The minimum absolute atomic E-state index is 0.0665. The summed E-state index contributed by atoms with van der Waals surface area (Å²) < 4.78 is 13.8. The Morgan fingerprint density at radius 3 is 2.88 bits per heavy atom. The Balaban J connectivity index is 2.31. The maximum atomic E-state index is 13.2. The average molecular weight is 318 g/mol. The molecule has 1 heterocycles. The second-order valence-electron chi connectivity index (χ2n) is 3.18. The first-order valence-electron chi connectivity index (χ1n) is 4.56. The number of nitrogen functional groups attached to an aromatic ring is 1. The Bertz CT molecular complexity index is 564. The number of benzene rings is 1. The lowest BCUT2D eigenvalue weighted by Crippen LogP contribution is -2.00. The lowest BCUT2D eigenvalue weighted by Gasteiger charge is -2.08. The van der Waals surface area contributed by atoms with Crippen molar-refractivity contribution in [3.05, 3.63) is 39.7 Å². The molecule has 0 aliphatic carbocycles. The van der Waals surface area contributed by atoms with Crippen molar-refractivity contribution in [1.82, 2.24) is 9.97 Å². The van der Waals surface area contributed by atoms with Crippen LogP contribution in [-0.4, -0.2) is 9.97 Å². The first kappa shape index (κ1) is 12.1. The number of anilines is 3. The van der Waals surface area contributed by atoms with Crippen LogP contribution in [-0.2, 0) is 0 Å². The summed E-state index contributed by atoms with van der Waals surface area (Å²) in [6, 6.07) is 4.36. The molecular formula is C10H7BrClFN4. The number of rotatable bonds is 2. The normalized spacial score (nSPS) is 10.3. The van der Waals surface area contributed by atoms with Crippen LogP contribution in [0.4, 0.5) is 21.8 Å². The van der Waals surface area contributed by atoms with Gasteiger partial charge < -0.3 is 11.1 Å². The third-order valence-corrected chi connectivity index (χ3v) is 2.83. The molecule has 4 nitrogen and oxygen atoms in total.